The lowest BCUT2D eigenvalue weighted by atomic mass is 9.86. The summed E-state index contributed by atoms with van der Waals surface area (Å²) < 4.78 is 5.88. The number of fused-ring (bicyclic) bond motifs is 1. The normalized spacial score (nSPS) is 16.4. The first-order valence-corrected chi connectivity index (χ1v) is 11.0. The summed E-state index contributed by atoms with van der Waals surface area (Å²) in [6.45, 7) is 1.60. The number of carbonyl (C=O) groups is 4. The number of hydrogen-bond acceptors (Lipinski definition) is 5. The zero-order valence-electron chi connectivity index (χ0n) is 17.9. The Bertz CT molecular complexity index is 860. The Labute approximate surface area is 181 Å². The van der Waals surface area contributed by atoms with Crippen LogP contribution < -0.4 is 10.1 Å². The first kappa shape index (κ1) is 22.8. The zero-order valence-corrected chi connectivity index (χ0v) is 17.9. The summed E-state index contributed by atoms with van der Waals surface area (Å²) in [5.74, 6) is -1.36. The largest absolute Gasteiger partial charge is 0.491 e. The van der Waals surface area contributed by atoms with Gasteiger partial charge in [0.1, 0.15) is 5.75 Å². The van der Waals surface area contributed by atoms with Gasteiger partial charge in [-0.15, -0.1) is 0 Å². The van der Waals surface area contributed by atoms with Crippen LogP contribution in [0.5, 0.6) is 5.75 Å². The predicted octanol–water partition coefficient (Wildman–Crippen LogP) is 3.85. The number of carboxylic acid groups (broad SMARTS) is 1. The maximum Gasteiger partial charge on any atom is 0.305 e. The van der Waals surface area contributed by atoms with E-state index in [1.807, 2.05) is 0 Å². The third kappa shape index (κ3) is 5.83. The number of hydrogen-bond donors (Lipinski definition) is 2. The lowest BCUT2D eigenvalue weighted by Crippen LogP contribution is -2.31. The second-order valence-electron chi connectivity index (χ2n) is 8.33. The molecule has 8 heteroatoms. The molecule has 3 rings (SSSR count). The summed E-state index contributed by atoms with van der Waals surface area (Å²) in [4.78, 5) is 48.6. The average molecular weight is 431 g/mol. The van der Waals surface area contributed by atoms with Gasteiger partial charge in [0.2, 0.25) is 5.91 Å². The Hall–Kier alpha value is -2.90. The van der Waals surface area contributed by atoms with Crippen molar-refractivity contribution in [3.05, 3.63) is 23.3 Å². The second-order valence-corrected chi connectivity index (χ2v) is 8.33. The van der Waals surface area contributed by atoms with Crippen LogP contribution in [-0.4, -0.2) is 46.8 Å². The molecule has 2 aliphatic rings. The zero-order chi connectivity index (χ0) is 22.4. The van der Waals surface area contributed by atoms with E-state index in [1.54, 1.807) is 0 Å². The van der Waals surface area contributed by atoms with Crippen molar-refractivity contribution < 1.29 is 29.0 Å². The Balaban J connectivity index is 1.66. The highest BCUT2D eigenvalue weighted by Gasteiger charge is 2.37. The molecule has 0 radical (unpaired) electrons. The molecule has 0 bridgehead atoms. The van der Waals surface area contributed by atoms with Crippen LogP contribution in [0.2, 0.25) is 0 Å². The van der Waals surface area contributed by atoms with Gasteiger partial charge in [-0.05, 0) is 30.9 Å². The molecule has 0 aromatic heterocycles. The number of rotatable bonds is 10. The molecule has 0 saturated heterocycles. The van der Waals surface area contributed by atoms with Crippen LogP contribution in [0.3, 0.4) is 0 Å². The Kier molecular flexibility index (Phi) is 7.65. The molecule has 1 aliphatic heterocycles. The summed E-state index contributed by atoms with van der Waals surface area (Å²) >= 11 is 0. The molecule has 0 spiro atoms. The monoisotopic (exact) mass is 430 g/mol. The smallest absolute Gasteiger partial charge is 0.305 e. The fourth-order valence-corrected chi connectivity index (χ4v) is 4.33. The van der Waals surface area contributed by atoms with Gasteiger partial charge in [-0.2, -0.15) is 0 Å². The van der Waals surface area contributed by atoms with Crippen molar-refractivity contribution in [3.63, 3.8) is 0 Å². The predicted molar refractivity (Wildman–Crippen MR) is 114 cm³/mol. The first-order valence-electron chi connectivity index (χ1n) is 11.0. The Morgan fingerprint density at radius 2 is 1.77 bits per heavy atom. The molecular formula is C23H30N2O6. The molecule has 0 unspecified atom stereocenters. The van der Waals surface area contributed by atoms with Crippen LogP contribution in [0.1, 0.15) is 85.4 Å². The van der Waals surface area contributed by atoms with E-state index in [0.717, 1.165) is 23.7 Å². The molecule has 1 saturated carbocycles. The van der Waals surface area contributed by atoms with Crippen LogP contribution in [-0.2, 0) is 9.59 Å². The number of carboxylic acids is 1. The summed E-state index contributed by atoms with van der Waals surface area (Å²) in [6, 6.07) is 2.91. The number of anilines is 1. The van der Waals surface area contributed by atoms with Gasteiger partial charge in [0, 0.05) is 13.5 Å². The minimum absolute atomic E-state index is 0.142. The molecule has 3 amide bonds. The van der Waals surface area contributed by atoms with Gasteiger partial charge in [0.15, 0.2) is 0 Å². The SMILES string of the molecule is CC(=O)Nc1cc2c(cc1OCCCCC1CCCCC1)C(=O)N(CCC(=O)O)C2=O. The number of nitrogens with zero attached hydrogens (tertiary/aromatic N) is 1. The summed E-state index contributed by atoms with van der Waals surface area (Å²) in [5, 5.41) is 11.5. The van der Waals surface area contributed by atoms with E-state index in [4.69, 9.17) is 9.84 Å². The van der Waals surface area contributed by atoms with Gasteiger partial charge in [0.25, 0.3) is 11.8 Å². The van der Waals surface area contributed by atoms with Crippen LogP contribution in [0.15, 0.2) is 12.1 Å². The molecule has 1 aliphatic carbocycles. The maximum atomic E-state index is 12.6. The third-order valence-corrected chi connectivity index (χ3v) is 5.92. The molecule has 0 atom stereocenters. The Morgan fingerprint density at radius 3 is 2.42 bits per heavy atom. The molecule has 1 fully saturated rings. The minimum Gasteiger partial charge on any atom is -0.491 e. The van der Waals surface area contributed by atoms with E-state index in [1.165, 1.54) is 57.6 Å². The molecule has 31 heavy (non-hydrogen) atoms. The standard InChI is InChI=1S/C23H30N2O6/c1-15(26)24-19-13-17-18(23(30)25(22(17)29)11-10-21(27)28)14-20(19)31-12-6-5-9-16-7-3-2-4-8-16/h13-14,16H,2-12H2,1H3,(H,24,26)(H,27,28). The van der Waals surface area contributed by atoms with Crippen LogP contribution >= 0.6 is 0 Å². The molecule has 168 valence electrons. The van der Waals surface area contributed by atoms with Gasteiger partial charge in [0.05, 0.1) is 29.8 Å². The number of carbonyl (C=O) groups excluding carboxylic acids is 3. The van der Waals surface area contributed by atoms with E-state index >= 15 is 0 Å². The summed E-state index contributed by atoms with van der Waals surface area (Å²) in [5.41, 5.74) is 0.644. The fraction of sp³-hybridized carbons (Fsp3) is 0.565. The van der Waals surface area contributed by atoms with Crippen molar-refractivity contribution >= 4 is 29.4 Å². The van der Waals surface area contributed by atoms with Crippen LogP contribution in [0.4, 0.5) is 5.69 Å². The van der Waals surface area contributed by atoms with Gasteiger partial charge < -0.3 is 15.2 Å². The van der Waals surface area contributed by atoms with Crippen molar-refractivity contribution in [2.24, 2.45) is 5.92 Å². The number of ether oxygens (including phenoxy) is 1. The highest BCUT2D eigenvalue weighted by molar-refractivity contribution is 6.22. The first-order chi connectivity index (χ1) is 14.9. The third-order valence-electron chi connectivity index (χ3n) is 5.92. The number of benzene rings is 1. The van der Waals surface area contributed by atoms with E-state index in [0.29, 0.717) is 18.0 Å². The molecule has 1 aromatic rings. The van der Waals surface area contributed by atoms with Gasteiger partial charge in [-0.3, -0.25) is 24.1 Å². The van der Waals surface area contributed by atoms with Crippen molar-refractivity contribution in [2.75, 3.05) is 18.5 Å². The highest BCUT2D eigenvalue weighted by Crippen LogP contribution is 2.34. The van der Waals surface area contributed by atoms with Crippen molar-refractivity contribution in [1.82, 2.24) is 4.90 Å². The van der Waals surface area contributed by atoms with Gasteiger partial charge >= 0.3 is 5.97 Å². The lowest BCUT2D eigenvalue weighted by Gasteiger charge is -2.21. The van der Waals surface area contributed by atoms with E-state index in [-0.39, 0.29) is 30.0 Å². The number of nitrogens with one attached hydrogen (secondary N) is 1. The van der Waals surface area contributed by atoms with Crippen LogP contribution in [0, 0.1) is 5.92 Å². The lowest BCUT2D eigenvalue weighted by molar-refractivity contribution is -0.137. The average Bonchev–Trinajstić information content (AvgIpc) is 2.96. The van der Waals surface area contributed by atoms with Crippen molar-refractivity contribution in [2.45, 2.75) is 64.7 Å². The number of unbranched alkanes of at least 4 members (excludes halogenated alkanes) is 1. The van der Waals surface area contributed by atoms with Gasteiger partial charge in [-0.25, -0.2) is 0 Å². The van der Waals surface area contributed by atoms with E-state index in [9.17, 15) is 19.2 Å². The number of aliphatic carboxylic acids is 1. The molecule has 1 aromatic carbocycles. The van der Waals surface area contributed by atoms with Crippen molar-refractivity contribution in [3.8, 4) is 5.75 Å². The highest BCUT2D eigenvalue weighted by atomic mass is 16.5. The second kappa shape index (κ2) is 10.4. The van der Waals surface area contributed by atoms with Gasteiger partial charge in [-0.1, -0.05) is 38.5 Å². The number of amides is 3. The summed E-state index contributed by atoms with van der Waals surface area (Å²) in [6.07, 6.45) is 9.42. The minimum atomic E-state index is -1.09. The van der Waals surface area contributed by atoms with E-state index < -0.39 is 17.8 Å². The Morgan fingerprint density at radius 1 is 1.10 bits per heavy atom. The van der Waals surface area contributed by atoms with Crippen LogP contribution in [0.25, 0.3) is 0 Å². The maximum absolute atomic E-state index is 12.6. The number of imide groups is 1. The molecule has 2 N–H and O–H groups in total. The molecule has 8 nitrogen and oxygen atoms in total. The topological polar surface area (TPSA) is 113 Å². The fourth-order valence-electron chi connectivity index (χ4n) is 4.33. The van der Waals surface area contributed by atoms with Crippen molar-refractivity contribution in [1.29, 1.82) is 0 Å². The quantitative estimate of drug-likeness (QED) is 0.431. The van der Waals surface area contributed by atoms with E-state index in [2.05, 4.69) is 5.32 Å². The summed E-state index contributed by atoms with van der Waals surface area (Å²) in [7, 11) is 0. The molecule has 1 heterocycles. The molecular weight excluding hydrogens is 400 g/mol.